The predicted octanol–water partition coefficient (Wildman–Crippen LogP) is 2.74. The Hall–Kier alpha value is -3.94. The van der Waals surface area contributed by atoms with Crippen LogP contribution in [-0.2, 0) is 0 Å². The van der Waals surface area contributed by atoms with Gasteiger partial charge in [0, 0.05) is 18.8 Å². The van der Waals surface area contributed by atoms with Gasteiger partial charge < -0.3 is 15.2 Å². The zero-order chi connectivity index (χ0) is 19.8. The highest BCUT2D eigenvalue weighted by Gasteiger charge is 2.34. The maximum absolute atomic E-state index is 12.5. The number of nitrogens with one attached hydrogen (secondary N) is 2. The van der Waals surface area contributed by atoms with Gasteiger partial charge in [-0.2, -0.15) is 5.10 Å². The molecule has 3 heterocycles. The quantitative estimate of drug-likeness (QED) is 0.566. The van der Waals surface area contributed by atoms with Gasteiger partial charge in [-0.3, -0.25) is 4.79 Å². The van der Waals surface area contributed by atoms with Crippen LogP contribution in [0.1, 0.15) is 11.7 Å². The Labute approximate surface area is 165 Å². The fourth-order valence-corrected chi connectivity index (χ4v) is 3.43. The maximum Gasteiger partial charge on any atom is 0.321 e. The van der Waals surface area contributed by atoms with Crippen LogP contribution in [0.5, 0.6) is 0 Å². The van der Waals surface area contributed by atoms with E-state index in [1.54, 1.807) is 9.58 Å². The van der Waals surface area contributed by atoms with Crippen molar-refractivity contribution < 1.29 is 4.79 Å². The molecule has 5 rings (SSSR count). The normalized spacial score (nSPS) is 14.0. The van der Waals surface area contributed by atoms with Gasteiger partial charge in [0.05, 0.1) is 17.8 Å². The Bertz CT molecular complexity index is 1230. The van der Waals surface area contributed by atoms with E-state index in [1.807, 2.05) is 60.7 Å². The number of rotatable bonds is 3. The largest absolute Gasteiger partial charge is 0.323 e. The van der Waals surface area contributed by atoms with E-state index in [4.69, 9.17) is 0 Å². The van der Waals surface area contributed by atoms with Gasteiger partial charge in [-0.25, -0.2) is 14.5 Å². The Morgan fingerprint density at radius 2 is 1.72 bits per heavy atom. The van der Waals surface area contributed by atoms with Crippen molar-refractivity contribution in [2.24, 2.45) is 0 Å². The number of likely N-dealkylation sites (tertiary alicyclic amines) is 1. The third-order valence-electron chi connectivity index (χ3n) is 5.04. The van der Waals surface area contributed by atoms with Gasteiger partial charge in [-0.05, 0) is 24.3 Å². The van der Waals surface area contributed by atoms with Crippen molar-refractivity contribution >= 4 is 22.8 Å². The van der Waals surface area contributed by atoms with Crippen molar-refractivity contribution in [3.8, 4) is 5.69 Å². The smallest absolute Gasteiger partial charge is 0.321 e. The molecule has 2 aromatic heterocycles. The van der Waals surface area contributed by atoms with Gasteiger partial charge in [0.1, 0.15) is 11.2 Å². The fourth-order valence-electron chi connectivity index (χ4n) is 3.43. The third kappa shape index (κ3) is 3.14. The van der Waals surface area contributed by atoms with Crippen LogP contribution in [0.25, 0.3) is 16.7 Å². The minimum atomic E-state index is -0.223. The molecular formula is C21H18N6O2. The highest BCUT2D eigenvalue weighted by Crippen LogP contribution is 2.26. The summed E-state index contributed by atoms with van der Waals surface area (Å²) in [5.74, 6) is 0.552. The first-order chi connectivity index (χ1) is 14.2. The average molecular weight is 386 g/mol. The molecule has 1 saturated heterocycles. The summed E-state index contributed by atoms with van der Waals surface area (Å²) in [4.78, 5) is 34.1. The number of carbonyl (C=O) groups is 1. The van der Waals surface area contributed by atoms with Crippen molar-refractivity contribution in [1.29, 1.82) is 0 Å². The predicted molar refractivity (Wildman–Crippen MR) is 109 cm³/mol. The van der Waals surface area contributed by atoms with Crippen molar-refractivity contribution in [3.63, 3.8) is 0 Å². The van der Waals surface area contributed by atoms with Crippen molar-refractivity contribution in [3.05, 3.63) is 83.0 Å². The summed E-state index contributed by atoms with van der Waals surface area (Å²) < 4.78 is 1.66. The molecule has 0 atom stereocenters. The van der Waals surface area contributed by atoms with Crippen LogP contribution in [0.4, 0.5) is 10.5 Å². The number of aromatic amines is 1. The first kappa shape index (κ1) is 17.2. The Morgan fingerprint density at radius 3 is 2.45 bits per heavy atom. The molecule has 0 saturated carbocycles. The molecular weight excluding hydrogens is 368 g/mol. The summed E-state index contributed by atoms with van der Waals surface area (Å²) in [6.07, 6.45) is 1.53. The zero-order valence-electron chi connectivity index (χ0n) is 15.4. The van der Waals surface area contributed by atoms with Gasteiger partial charge in [0.15, 0.2) is 5.65 Å². The number of benzene rings is 2. The lowest BCUT2D eigenvalue weighted by Crippen LogP contribution is -2.51. The van der Waals surface area contributed by atoms with Crippen LogP contribution >= 0.6 is 0 Å². The molecule has 29 heavy (non-hydrogen) atoms. The Morgan fingerprint density at radius 1 is 1.03 bits per heavy atom. The summed E-state index contributed by atoms with van der Waals surface area (Å²) in [6, 6.07) is 18.7. The fraction of sp³-hybridized carbons (Fsp3) is 0.143. The molecule has 1 aliphatic rings. The molecule has 1 fully saturated rings. The number of urea groups is 1. The molecule has 2 amide bonds. The Kier molecular flexibility index (Phi) is 4.09. The topological polar surface area (TPSA) is 95.9 Å². The van der Waals surface area contributed by atoms with Crippen LogP contribution in [0.3, 0.4) is 0 Å². The van der Waals surface area contributed by atoms with E-state index in [2.05, 4.69) is 20.4 Å². The number of aromatic nitrogens is 4. The standard InChI is InChI=1S/C21H18N6O2/c28-20-17-11-22-27(16-9-5-2-6-10-16)19(17)24-18(25-20)14-12-26(13-14)21(29)23-15-7-3-1-4-8-15/h1-11,14H,12-13H2,(H,23,29)(H,24,25,28). The van der Waals surface area contributed by atoms with Gasteiger partial charge in [0.2, 0.25) is 0 Å². The molecule has 2 aromatic carbocycles. The summed E-state index contributed by atoms with van der Waals surface area (Å²) in [5.41, 5.74) is 1.88. The van der Waals surface area contributed by atoms with Crippen molar-refractivity contribution in [1.82, 2.24) is 24.6 Å². The number of amides is 2. The first-order valence-corrected chi connectivity index (χ1v) is 9.33. The zero-order valence-corrected chi connectivity index (χ0v) is 15.4. The van der Waals surface area contributed by atoms with Gasteiger partial charge in [-0.15, -0.1) is 0 Å². The molecule has 4 aromatic rings. The number of anilines is 1. The van der Waals surface area contributed by atoms with Crippen molar-refractivity contribution in [2.75, 3.05) is 18.4 Å². The summed E-state index contributed by atoms with van der Waals surface area (Å²) in [6.45, 7) is 0.985. The summed E-state index contributed by atoms with van der Waals surface area (Å²) >= 11 is 0. The molecule has 1 aliphatic heterocycles. The number of H-pyrrole nitrogens is 1. The molecule has 144 valence electrons. The molecule has 0 radical (unpaired) electrons. The van der Waals surface area contributed by atoms with Gasteiger partial charge in [0.25, 0.3) is 5.56 Å². The first-order valence-electron chi connectivity index (χ1n) is 9.33. The van der Waals surface area contributed by atoms with Gasteiger partial charge >= 0.3 is 6.03 Å². The maximum atomic E-state index is 12.5. The van der Waals surface area contributed by atoms with Crippen LogP contribution in [0, 0.1) is 0 Å². The highest BCUT2D eigenvalue weighted by atomic mass is 16.2. The molecule has 8 heteroatoms. The van der Waals surface area contributed by atoms with Crippen LogP contribution in [-0.4, -0.2) is 43.8 Å². The minimum Gasteiger partial charge on any atom is -0.323 e. The number of nitrogens with zero attached hydrogens (tertiary/aromatic N) is 4. The number of hydrogen-bond donors (Lipinski definition) is 2. The van der Waals surface area contributed by atoms with E-state index < -0.39 is 0 Å². The van der Waals surface area contributed by atoms with Crippen LogP contribution < -0.4 is 10.9 Å². The minimum absolute atomic E-state index is 0.0206. The van der Waals surface area contributed by atoms with Gasteiger partial charge in [-0.1, -0.05) is 36.4 Å². The second-order valence-corrected chi connectivity index (χ2v) is 6.98. The van der Waals surface area contributed by atoms with E-state index in [1.165, 1.54) is 6.20 Å². The number of para-hydroxylation sites is 2. The van der Waals surface area contributed by atoms with Crippen LogP contribution in [0.2, 0.25) is 0 Å². The van der Waals surface area contributed by atoms with Crippen molar-refractivity contribution in [2.45, 2.75) is 5.92 Å². The number of carbonyl (C=O) groups excluding carboxylic acids is 1. The molecule has 2 N–H and O–H groups in total. The monoisotopic (exact) mass is 386 g/mol. The molecule has 0 spiro atoms. The summed E-state index contributed by atoms with van der Waals surface area (Å²) in [7, 11) is 0. The second-order valence-electron chi connectivity index (χ2n) is 6.98. The molecule has 8 nitrogen and oxygen atoms in total. The molecule has 0 unspecified atom stereocenters. The molecule has 0 aliphatic carbocycles. The van der Waals surface area contributed by atoms with E-state index in [9.17, 15) is 9.59 Å². The highest BCUT2D eigenvalue weighted by molar-refractivity contribution is 5.90. The second kappa shape index (κ2) is 6.90. The summed E-state index contributed by atoms with van der Waals surface area (Å²) in [5, 5.41) is 7.62. The van der Waals surface area contributed by atoms with E-state index >= 15 is 0 Å². The van der Waals surface area contributed by atoms with E-state index in [0.717, 1.165) is 11.4 Å². The lowest BCUT2D eigenvalue weighted by atomic mass is 10.00. The van der Waals surface area contributed by atoms with E-state index in [0.29, 0.717) is 29.9 Å². The SMILES string of the molecule is O=C(Nc1ccccc1)N1CC(c2nc3c(cnn3-c3ccccc3)c(=O)[nH]2)C1. The van der Waals surface area contributed by atoms with E-state index in [-0.39, 0.29) is 17.5 Å². The lowest BCUT2D eigenvalue weighted by Gasteiger charge is -2.38. The third-order valence-corrected chi connectivity index (χ3v) is 5.04. The Balaban J connectivity index is 1.37. The van der Waals surface area contributed by atoms with Crippen LogP contribution in [0.15, 0.2) is 71.7 Å². The molecule has 0 bridgehead atoms. The number of hydrogen-bond acceptors (Lipinski definition) is 4. The lowest BCUT2D eigenvalue weighted by molar-refractivity contribution is 0.161. The average Bonchev–Trinajstić information content (AvgIpc) is 3.13. The number of fused-ring (bicyclic) bond motifs is 1.